The lowest BCUT2D eigenvalue weighted by Crippen LogP contribution is -2.46. The molecule has 0 atom stereocenters. The topological polar surface area (TPSA) is 89.3 Å². The van der Waals surface area contributed by atoms with Crippen molar-refractivity contribution in [1.82, 2.24) is 4.72 Å². The third-order valence-corrected chi connectivity index (χ3v) is 4.97. The third-order valence-electron chi connectivity index (χ3n) is 2.82. The average molecular weight is 355 g/mol. The second kappa shape index (κ2) is 4.50. The molecule has 1 aliphatic carbocycles. The van der Waals surface area contributed by atoms with Gasteiger partial charge in [0.25, 0.3) is 0 Å². The van der Waals surface area contributed by atoms with Gasteiger partial charge in [0.2, 0.25) is 15.9 Å². The van der Waals surface area contributed by atoms with Gasteiger partial charge in [0.05, 0.1) is 4.47 Å². The number of halogens is 3. The van der Waals surface area contributed by atoms with E-state index in [2.05, 4.69) is 20.7 Å². The van der Waals surface area contributed by atoms with Crippen molar-refractivity contribution < 1.29 is 22.0 Å². The van der Waals surface area contributed by atoms with Crippen LogP contribution < -0.4 is 10.5 Å². The van der Waals surface area contributed by atoms with Gasteiger partial charge in [-0.1, -0.05) is 0 Å². The Balaban J connectivity index is 2.41. The zero-order valence-corrected chi connectivity index (χ0v) is 11.8. The number of amides is 1. The molecule has 3 N–H and O–H groups in total. The van der Waals surface area contributed by atoms with Gasteiger partial charge in [-0.15, -0.1) is 0 Å². The maximum Gasteiger partial charge on any atom is 0.244 e. The van der Waals surface area contributed by atoms with Crippen LogP contribution in [0.15, 0.2) is 21.5 Å². The molecule has 1 aromatic carbocycles. The van der Waals surface area contributed by atoms with E-state index in [0.29, 0.717) is 6.07 Å². The number of carbonyl (C=O) groups excluding carboxylic acids is 1. The molecule has 1 amide bonds. The summed E-state index contributed by atoms with van der Waals surface area (Å²) in [6.45, 7) is 0. The summed E-state index contributed by atoms with van der Waals surface area (Å²) in [5.41, 5.74) is 3.73. The molecule has 0 spiro atoms. The Labute approximate surface area is 116 Å². The molecular weight excluding hydrogens is 346 g/mol. The van der Waals surface area contributed by atoms with E-state index in [1.165, 1.54) is 0 Å². The van der Waals surface area contributed by atoms with Crippen LogP contribution in [0.1, 0.15) is 12.8 Å². The molecule has 0 unspecified atom stereocenters. The summed E-state index contributed by atoms with van der Waals surface area (Å²) in [6.07, 6.45) is 0.511. The van der Waals surface area contributed by atoms with Crippen LogP contribution in [-0.2, 0) is 14.8 Å². The fraction of sp³-hybridized carbons (Fsp3) is 0.300. The lowest BCUT2D eigenvalue weighted by atomic mass is 10.3. The lowest BCUT2D eigenvalue weighted by Gasteiger charge is -2.14. The third kappa shape index (κ3) is 2.63. The maximum atomic E-state index is 13.5. The molecule has 1 aliphatic rings. The normalized spacial score (nSPS) is 17.2. The van der Waals surface area contributed by atoms with Gasteiger partial charge < -0.3 is 5.73 Å². The van der Waals surface area contributed by atoms with Gasteiger partial charge in [-0.2, -0.15) is 4.72 Å². The number of primary amides is 1. The largest absolute Gasteiger partial charge is 0.368 e. The number of carbonyl (C=O) groups is 1. The number of nitrogens with one attached hydrogen (secondary N) is 1. The molecule has 0 saturated heterocycles. The highest BCUT2D eigenvalue weighted by Crippen LogP contribution is 2.37. The predicted octanol–water partition coefficient (Wildman–Crippen LogP) is 1.02. The first kappa shape index (κ1) is 14.4. The molecule has 0 heterocycles. The zero-order valence-electron chi connectivity index (χ0n) is 9.41. The standard InChI is InChI=1S/C10H9BrF2N2O3S/c11-5-3-8(7(13)4-6(5)12)19(17,18)15-10(1-2-10)9(14)16/h3-4,15H,1-2H2,(H2,14,16). The predicted molar refractivity (Wildman–Crippen MR) is 65.5 cm³/mol. The summed E-state index contributed by atoms with van der Waals surface area (Å²) in [7, 11) is -4.29. The van der Waals surface area contributed by atoms with Crippen molar-refractivity contribution in [2.24, 2.45) is 5.73 Å². The molecule has 2 rings (SSSR count). The monoisotopic (exact) mass is 354 g/mol. The number of hydrogen-bond donors (Lipinski definition) is 2. The first-order valence-electron chi connectivity index (χ1n) is 5.16. The molecule has 0 bridgehead atoms. The molecule has 19 heavy (non-hydrogen) atoms. The van der Waals surface area contributed by atoms with Gasteiger partial charge in [0, 0.05) is 6.07 Å². The lowest BCUT2D eigenvalue weighted by molar-refractivity contribution is -0.120. The van der Waals surface area contributed by atoms with Crippen molar-refractivity contribution in [2.45, 2.75) is 23.3 Å². The number of rotatable bonds is 4. The fourth-order valence-electron chi connectivity index (χ4n) is 1.55. The summed E-state index contributed by atoms with van der Waals surface area (Å²) in [5, 5.41) is 0. The van der Waals surface area contributed by atoms with Gasteiger partial charge in [-0.25, -0.2) is 17.2 Å². The van der Waals surface area contributed by atoms with Gasteiger partial charge in [-0.3, -0.25) is 4.79 Å². The van der Waals surface area contributed by atoms with E-state index in [9.17, 15) is 22.0 Å². The first-order valence-corrected chi connectivity index (χ1v) is 7.44. The first-order chi connectivity index (χ1) is 8.68. The quantitative estimate of drug-likeness (QED) is 0.791. The van der Waals surface area contributed by atoms with Crippen molar-refractivity contribution in [2.75, 3.05) is 0 Å². The van der Waals surface area contributed by atoms with E-state index in [4.69, 9.17) is 5.73 Å². The number of nitrogens with two attached hydrogens (primary N) is 1. The van der Waals surface area contributed by atoms with Crippen LogP contribution in [0.25, 0.3) is 0 Å². The van der Waals surface area contributed by atoms with Gasteiger partial charge >= 0.3 is 0 Å². The van der Waals surface area contributed by atoms with Gasteiger partial charge in [0.15, 0.2) is 0 Å². The van der Waals surface area contributed by atoms with Crippen molar-refractivity contribution in [3.05, 3.63) is 28.2 Å². The second-order valence-electron chi connectivity index (χ2n) is 4.25. The van der Waals surface area contributed by atoms with Gasteiger partial charge in [0.1, 0.15) is 22.1 Å². The minimum absolute atomic E-state index is 0.196. The molecule has 5 nitrogen and oxygen atoms in total. The SMILES string of the molecule is NC(=O)C1(NS(=O)(=O)c2cc(Br)c(F)cc2F)CC1. The van der Waals surface area contributed by atoms with E-state index >= 15 is 0 Å². The zero-order chi connectivity index (χ0) is 14.4. The molecule has 9 heteroatoms. The highest BCUT2D eigenvalue weighted by molar-refractivity contribution is 9.10. The molecule has 0 radical (unpaired) electrons. The fourth-order valence-corrected chi connectivity index (χ4v) is 3.56. The van der Waals surface area contributed by atoms with Crippen molar-refractivity contribution in [3.63, 3.8) is 0 Å². The van der Waals surface area contributed by atoms with Crippen molar-refractivity contribution in [1.29, 1.82) is 0 Å². The smallest absolute Gasteiger partial charge is 0.244 e. The van der Waals surface area contributed by atoms with Crippen LogP contribution in [0, 0.1) is 11.6 Å². The molecule has 104 valence electrons. The minimum atomic E-state index is -4.29. The molecule has 0 aliphatic heterocycles. The van der Waals surface area contributed by atoms with Crippen LogP contribution in [0.2, 0.25) is 0 Å². The van der Waals surface area contributed by atoms with E-state index in [0.717, 1.165) is 6.07 Å². The summed E-state index contributed by atoms with van der Waals surface area (Å²) < 4.78 is 52.4. The number of hydrogen-bond acceptors (Lipinski definition) is 3. The Morgan fingerprint density at radius 1 is 1.32 bits per heavy atom. The Kier molecular flexibility index (Phi) is 3.40. The van der Waals surface area contributed by atoms with E-state index < -0.39 is 38.0 Å². The summed E-state index contributed by atoms with van der Waals surface area (Å²) in [6, 6.07) is 1.24. The highest BCUT2D eigenvalue weighted by Gasteiger charge is 2.51. The Morgan fingerprint density at radius 3 is 2.37 bits per heavy atom. The average Bonchev–Trinajstić information content (AvgIpc) is 3.03. The van der Waals surface area contributed by atoms with E-state index in [1.807, 2.05) is 0 Å². The summed E-state index contributed by atoms with van der Waals surface area (Å²) >= 11 is 2.77. The highest BCUT2D eigenvalue weighted by atomic mass is 79.9. The Bertz CT molecular complexity index is 659. The second-order valence-corrected chi connectivity index (χ2v) is 6.75. The van der Waals surface area contributed by atoms with E-state index in [-0.39, 0.29) is 17.3 Å². The Morgan fingerprint density at radius 2 is 1.89 bits per heavy atom. The van der Waals surface area contributed by atoms with Gasteiger partial charge in [-0.05, 0) is 34.8 Å². The summed E-state index contributed by atoms with van der Waals surface area (Å²) in [5.74, 6) is -2.99. The molecule has 0 aromatic heterocycles. The van der Waals surface area contributed by atoms with Crippen LogP contribution in [0.4, 0.5) is 8.78 Å². The van der Waals surface area contributed by atoms with Crippen LogP contribution >= 0.6 is 15.9 Å². The van der Waals surface area contributed by atoms with E-state index in [1.54, 1.807) is 0 Å². The molecule has 1 aromatic rings. The van der Waals surface area contributed by atoms with Crippen molar-refractivity contribution in [3.8, 4) is 0 Å². The molecular formula is C10H9BrF2N2O3S. The molecule has 1 fully saturated rings. The number of sulfonamides is 1. The van der Waals surface area contributed by atoms with Crippen LogP contribution in [0.3, 0.4) is 0 Å². The summed E-state index contributed by atoms with van der Waals surface area (Å²) in [4.78, 5) is 10.4. The molecule has 1 saturated carbocycles. The number of benzene rings is 1. The maximum absolute atomic E-state index is 13.5. The minimum Gasteiger partial charge on any atom is -0.368 e. The van der Waals surface area contributed by atoms with Crippen molar-refractivity contribution >= 4 is 31.9 Å². The van der Waals surface area contributed by atoms with Crippen LogP contribution in [-0.4, -0.2) is 19.9 Å². The Hall–Kier alpha value is -1.06. The van der Waals surface area contributed by atoms with Crippen LogP contribution in [0.5, 0.6) is 0 Å².